The predicted molar refractivity (Wildman–Crippen MR) is 133 cm³/mol. The number of benzene rings is 2. The van der Waals surface area contributed by atoms with Gasteiger partial charge >= 0.3 is 6.18 Å². The van der Waals surface area contributed by atoms with E-state index in [0.29, 0.717) is 17.6 Å². The van der Waals surface area contributed by atoms with Gasteiger partial charge in [0.1, 0.15) is 0 Å². The van der Waals surface area contributed by atoms with E-state index < -0.39 is 51.6 Å². The van der Waals surface area contributed by atoms with Crippen LogP contribution in [0.25, 0.3) is 0 Å². The number of amides is 1. The fourth-order valence-electron chi connectivity index (χ4n) is 3.96. The number of nitrogens with zero attached hydrogens (tertiary/aromatic N) is 3. The molecule has 0 bridgehead atoms. The Balaban J connectivity index is 1.72. The number of ether oxygens (including phenoxy) is 2. The molecule has 3 aromatic rings. The number of anilines is 3. The molecule has 204 valence electrons. The number of aromatic hydroxyl groups is 1. The highest BCUT2D eigenvalue weighted by molar-refractivity contribution is 7.14. The second kappa shape index (κ2) is 9.83. The summed E-state index contributed by atoms with van der Waals surface area (Å²) in [7, 11) is 2.54. The third kappa shape index (κ3) is 5.41. The van der Waals surface area contributed by atoms with E-state index in [2.05, 4.69) is 19.4 Å². The average Bonchev–Trinajstić information content (AvgIpc) is 3.41. The molecule has 2 atom stereocenters. The van der Waals surface area contributed by atoms with Crippen LogP contribution in [0.5, 0.6) is 17.2 Å². The molecule has 0 spiro atoms. The van der Waals surface area contributed by atoms with E-state index in [0.717, 1.165) is 16.5 Å². The van der Waals surface area contributed by atoms with Crippen LogP contribution in [-0.4, -0.2) is 50.1 Å². The summed E-state index contributed by atoms with van der Waals surface area (Å²) >= 11 is -2.03. The van der Waals surface area contributed by atoms with Crippen molar-refractivity contribution in [2.75, 3.05) is 31.5 Å². The summed E-state index contributed by atoms with van der Waals surface area (Å²) < 4.78 is 71.8. The molecular formula is C24H26F3N5O5S. The SMILES string of the molecule is CN(C)C(=O)c1c(C(F)(F)F)ccc(Nc2n[s+]([O-])nc2N[C@@H](c2ccc3c(c2)OCO3)C(C)(C)C)c1O. The second-order valence-corrected chi connectivity index (χ2v) is 10.7. The van der Waals surface area contributed by atoms with Crippen LogP contribution in [0.1, 0.15) is 48.3 Å². The number of rotatable bonds is 6. The maximum absolute atomic E-state index is 13.6. The van der Waals surface area contributed by atoms with E-state index in [-0.39, 0.29) is 24.1 Å². The minimum absolute atomic E-state index is 0.0562. The molecule has 14 heteroatoms. The Bertz CT molecular complexity index is 1370. The molecule has 0 radical (unpaired) electrons. The lowest BCUT2D eigenvalue weighted by molar-refractivity contribution is -0.138. The molecule has 0 saturated heterocycles. The fraction of sp³-hybridized carbons (Fsp3) is 0.375. The highest BCUT2D eigenvalue weighted by Crippen LogP contribution is 2.44. The van der Waals surface area contributed by atoms with Crippen LogP contribution < -0.4 is 20.1 Å². The summed E-state index contributed by atoms with van der Waals surface area (Å²) in [5.74, 6) is -0.836. The van der Waals surface area contributed by atoms with E-state index >= 15 is 0 Å². The van der Waals surface area contributed by atoms with Crippen molar-refractivity contribution in [1.82, 2.24) is 13.6 Å². The van der Waals surface area contributed by atoms with Crippen molar-refractivity contribution in [1.29, 1.82) is 0 Å². The maximum atomic E-state index is 13.6. The van der Waals surface area contributed by atoms with Crippen molar-refractivity contribution in [2.45, 2.75) is 33.0 Å². The van der Waals surface area contributed by atoms with Gasteiger partial charge in [-0.05, 0) is 35.2 Å². The normalized spacial score (nSPS) is 14.3. The van der Waals surface area contributed by atoms with Gasteiger partial charge in [-0.2, -0.15) is 13.2 Å². The number of fused-ring (bicyclic) bond motifs is 1. The number of halogens is 3. The van der Waals surface area contributed by atoms with E-state index in [1.54, 1.807) is 6.07 Å². The molecule has 0 fully saturated rings. The number of carbonyl (C=O) groups is 1. The minimum atomic E-state index is -4.89. The Kier molecular flexibility index (Phi) is 7.05. The van der Waals surface area contributed by atoms with Gasteiger partial charge in [0.05, 0.1) is 22.9 Å². The Morgan fingerprint density at radius 3 is 2.39 bits per heavy atom. The summed E-state index contributed by atoms with van der Waals surface area (Å²) in [6.07, 6.45) is -4.89. The molecular weight excluding hydrogens is 527 g/mol. The number of hydrogen-bond donors (Lipinski definition) is 3. The summed E-state index contributed by atoms with van der Waals surface area (Å²) in [5, 5.41) is 16.6. The number of hydrogen-bond acceptors (Lipinski definition) is 9. The molecule has 4 rings (SSSR count). The van der Waals surface area contributed by atoms with Crippen molar-refractivity contribution >= 4 is 34.4 Å². The number of aromatic nitrogens is 2. The lowest BCUT2D eigenvalue weighted by atomic mass is 9.82. The van der Waals surface area contributed by atoms with Crippen LogP contribution in [-0.2, 0) is 6.18 Å². The first-order valence-electron chi connectivity index (χ1n) is 11.3. The molecule has 2 heterocycles. The van der Waals surface area contributed by atoms with Gasteiger partial charge in [0.2, 0.25) is 18.4 Å². The zero-order valence-electron chi connectivity index (χ0n) is 21.1. The molecule has 2 aromatic carbocycles. The monoisotopic (exact) mass is 553 g/mol. The fourth-order valence-corrected chi connectivity index (χ4v) is 4.59. The lowest BCUT2D eigenvalue weighted by Gasteiger charge is -2.32. The van der Waals surface area contributed by atoms with Gasteiger partial charge in [0, 0.05) is 22.8 Å². The molecule has 0 aliphatic carbocycles. The highest BCUT2D eigenvalue weighted by Gasteiger charge is 2.38. The van der Waals surface area contributed by atoms with Crippen molar-refractivity contribution in [3.63, 3.8) is 0 Å². The molecule has 0 saturated carbocycles. The highest BCUT2D eigenvalue weighted by atomic mass is 32.2. The van der Waals surface area contributed by atoms with Gasteiger partial charge in [-0.3, -0.25) is 4.79 Å². The van der Waals surface area contributed by atoms with Crippen molar-refractivity contribution in [3.05, 3.63) is 47.0 Å². The molecule has 1 aliphatic heterocycles. The third-order valence-electron chi connectivity index (χ3n) is 5.80. The van der Waals surface area contributed by atoms with Gasteiger partial charge in [0.15, 0.2) is 28.4 Å². The standard InChI is InChI=1S/C24H26F3N5O5S/c1-23(2,3)19(12-6-9-15-16(10-12)37-11-36-15)29-21-20(30-38(35)31-21)28-14-8-7-13(24(25,26)27)17(18(14)33)22(34)32(4)5/h6-10,19,33H,11H2,1-5H3,(H,28,30)(H,29,31)/t19-,38?/m0/s1. The van der Waals surface area contributed by atoms with E-state index in [1.807, 2.05) is 32.9 Å². The van der Waals surface area contributed by atoms with E-state index in [9.17, 15) is 27.6 Å². The Hall–Kier alpha value is -3.78. The first-order valence-corrected chi connectivity index (χ1v) is 12.4. The number of carbonyl (C=O) groups excluding carboxylic acids is 1. The van der Waals surface area contributed by atoms with Crippen LogP contribution in [0.15, 0.2) is 30.3 Å². The van der Waals surface area contributed by atoms with Crippen molar-refractivity contribution in [3.8, 4) is 17.2 Å². The molecule has 1 amide bonds. The van der Waals surface area contributed by atoms with E-state index in [1.165, 1.54) is 14.1 Å². The zero-order chi connectivity index (χ0) is 28.0. The molecule has 10 nitrogen and oxygen atoms in total. The van der Waals surface area contributed by atoms with Crippen molar-refractivity contribution < 1.29 is 37.1 Å². The number of alkyl halides is 3. The number of phenolic OH excluding ortho intramolecular Hbond substituents is 1. The van der Waals surface area contributed by atoms with Crippen molar-refractivity contribution in [2.24, 2.45) is 5.41 Å². The van der Waals surface area contributed by atoms with Gasteiger partial charge in [-0.1, -0.05) is 26.8 Å². The molecule has 1 aromatic heterocycles. The smallest absolute Gasteiger partial charge is 0.417 e. The summed E-state index contributed by atoms with van der Waals surface area (Å²) in [6.45, 7) is 6.00. The molecule has 1 unspecified atom stereocenters. The Morgan fingerprint density at radius 1 is 1.11 bits per heavy atom. The topological polar surface area (TPSA) is 132 Å². The van der Waals surface area contributed by atoms with Gasteiger partial charge in [-0.25, -0.2) is 0 Å². The molecule has 1 aliphatic rings. The second-order valence-electron chi connectivity index (χ2n) is 9.87. The van der Waals surface area contributed by atoms with Gasteiger partial charge in [-0.15, -0.1) is 0 Å². The maximum Gasteiger partial charge on any atom is 0.417 e. The Morgan fingerprint density at radius 2 is 1.76 bits per heavy atom. The summed E-state index contributed by atoms with van der Waals surface area (Å²) in [6, 6.07) is 6.65. The predicted octanol–water partition coefficient (Wildman–Crippen LogP) is 5.30. The van der Waals surface area contributed by atoms with Crippen LogP contribution in [0.2, 0.25) is 0 Å². The van der Waals surface area contributed by atoms with Gasteiger partial charge < -0.3 is 34.7 Å². The quantitative estimate of drug-likeness (QED) is 0.275. The van der Waals surface area contributed by atoms with E-state index in [4.69, 9.17) is 9.47 Å². The van der Waals surface area contributed by atoms with Crippen LogP contribution in [0.3, 0.4) is 0 Å². The molecule has 3 N–H and O–H groups in total. The Labute approximate surface area is 219 Å². The summed E-state index contributed by atoms with van der Waals surface area (Å²) in [4.78, 5) is 13.5. The van der Waals surface area contributed by atoms with Crippen LogP contribution >= 0.6 is 11.1 Å². The number of phenols is 1. The first kappa shape index (κ1) is 27.3. The van der Waals surface area contributed by atoms with Crippen LogP contribution in [0.4, 0.5) is 30.5 Å². The minimum Gasteiger partial charge on any atom is -0.546 e. The van der Waals surface area contributed by atoms with Crippen LogP contribution in [0, 0.1) is 5.41 Å². The number of nitrogens with one attached hydrogen (secondary N) is 2. The largest absolute Gasteiger partial charge is 0.546 e. The summed E-state index contributed by atoms with van der Waals surface area (Å²) in [5.41, 5.74) is -2.07. The zero-order valence-corrected chi connectivity index (χ0v) is 22.0. The first-order chi connectivity index (χ1) is 17.7. The molecule has 38 heavy (non-hydrogen) atoms. The lowest BCUT2D eigenvalue weighted by Crippen LogP contribution is -2.26. The van der Waals surface area contributed by atoms with Gasteiger partial charge in [0.25, 0.3) is 5.91 Å². The third-order valence-corrected chi connectivity index (χ3v) is 6.47. The average molecular weight is 554 g/mol.